The largest absolute Gasteiger partial charge is 0.335 e. The van der Waals surface area contributed by atoms with Crippen LogP contribution in [0.4, 0.5) is 0 Å². The summed E-state index contributed by atoms with van der Waals surface area (Å²) in [6, 6.07) is 15.4. The summed E-state index contributed by atoms with van der Waals surface area (Å²) in [6.07, 6.45) is 1.75. The predicted molar refractivity (Wildman–Crippen MR) is 103 cm³/mol. The third-order valence-electron chi connectivity index (χ3n) is 4.36. The van der Waals surface area contributed by atoms with Crippen molar-refractivity contribution in [1.82, 2.24) is 9.55 Å². The van der Waals surface area contributed by atoms with Crippen molar-refractivity contribution in [2.45, 2.75) is 13.5 Å². The second-order valence-corrected chi connectivity index (χ2v) is 6.83. The van der Waals surface area contributed by atoms with Crippen molar-refractivity contribution in [2.24, 2.45) is 0 Å². The Morgan fingerprint density at radius 1 is 1.04 bits per heavy atom. The predicted octanol–water partition coefficient (Wildman–Crippen LogP) is 5.75. The molecule has 0 amide bonds. The lowest BCUT2D eigenvalue weighted by Crippen LogP contribution is -2.01. The van der Waals surface area contributed by atoms with Gasteiger partial charge in [-0.1, -0.05) is 41.4 Å². The number of nitrogens with zero attached hydrogens (tertiary/aromatic N) is 2. The van der Waals surface area contributed by atoms with E-state index in [0.29, 0.717) is 22.3 Å². The van der Waals surface area contributed by atoms with Crippen LogP contribution in [0.5, 0.6) is 0 Å². The molecule has 0 spiro atoms. The lowest BCUT2D eigenvalue weighted by Gasteiger charge is -2.10. The molecule has 0 fully saturated rings. The van der Waals surface area contributed by atoms with E-state index in [1.165, 1.54) is 6.92 Å². The summed E-state index contributed by atoms with van der Waals surface area (Å²) in [5.41, 5.74) is 3.43. The number of carbonyl (C=O) groups excluding carboxylic acids is 1. The number of hydrogen-bond donors (Lipinski definition) is 0. The Labute approximate surface area is 154 Å². The van der Waals surface area contributed by atoms with Gasteiger partial charge in [0.15, 0.2) is 5.78 Å². The molecule has 0 bridgehead atoms. The minimum absolute atomic E-state index is 0.0448. The van der Waals surface area contributed by atoms with Gasteiger partial charge in [0.1, 0.15) is 5.69 Å². The molecular formula is C20H14Cl2N2O. The summed E-state index contributed by atoms with van der Waals surface area (Å²) in [4.78, 5) is 16.0. The standard InChI is InChI=1S/C20H14Cl2N2O/c1-12(25)18-9-16-15-4-2-3-5-19(15)24(20(16)10-23-18)11-13-8-14(21)6-7-17(13)22/h2-10H,11H2,1H3. The highest BCUT2D eigenvalue weighted by Crippen LogP contribution is 2.31. The Bertz CT molecular complexity index is 1130. The van der Waals surface area contributed by atoms with Crippen molar-refractivity contribution in [3.63, 3.8) is 0 Å². The Kier molecular flexibility index (Phi) is 3.98. The van der Waals surface area contributed by atoms with Crippen LogP contribution in [-0.2, 0) is 6.54 Å². The van der Waals surface area contributed by atoms with Gasteiger partial charge < -0.3 is 4.57 Å². The molecule has 2 heterocycles. The van der Waals surface area contributed by atoms with Crippen LogP contribution < -0.4 is 0 Å². The van der Waals surface area contributed by atoms with Crippen molar-refractivity contribution >= 4 is 50.8 Å². The first-order chi connectivity index (χ1) is 12.0. The third kappa shape index (κ3) is 2.80. The van der Waals surface area contributed by atoms with E-state index in [1.54, 1.807) is 18.3 Å². The van der Waals surface area contributed by atoms with E-state index in [1.807, 2.05) is 24.3 Å². The first kappa shape index (κ1) is 16.1. The highest BCUT2D eigenvalue weighted by molar-refractivity contribution is 6.33. The number of para-hydroxylation sites is 1. The number of Topliss-reactive ketones (excluding diaryl/α,β-unsaturated/α-hetero) is 1. The van der Waals surface area contributed by atoms with Gasteiger partial charge in [-0.25, -0.2) is 0 Å². The molecule has 0 aliphatic rings. The molecule has 4 rings (SSSR count). The van der Waals surface area contributed by atoms with Gasteiger partial charge in [0.25, 0.3) is 0 Å². The van der Waals surface area contributed by atoms with Gasteiger partial charge in [-0.2, -0.15) is 0 Å². The highest BCUT2D eigenvalue weighted by atomic mass is 35.5. The third-order valence-corrected chi connectivity index (χ3v) is 4.96. The Hall–Kier alpha value is -2.36. The van der Waals surface area contributed by atoms with E-state index in [9.17, 15) is 4.79 Å². The summed E-state index contributed by atoms with van der Waals surface area (Å²) in [5, 5.41) is 3.41. The molecule has 0 N–H and O–H groups in total. The maximum atomic E-state index is 11.7. The van der Waals surface area contributed by atoms with Crippen molar-refractivity contribution in [3.8, 4) is 0 Å². The van der Waals surface area contributed by atoms with Crippen molar-refractivity contribution in [3.05, 3.63) is 76.0 Å². The zero-order valence-electron chi connectivity index (χ0n) is 13.5. The number of hydrogen-bond acceptors (Lipinski definition) is 2. The van der Waals surface area contributed by atoms with Gasteiger partial charge >= 0.3 is 0 Å². The lowest BCUT2D eigenvalue weighted by molar-refractivity contribution is 0.101. The zero-order valence-corrected chi connectivity index (χ0v) is 15.0. The minimum Gasteiger partial charge on any atom is -0.335 e. The molecule has 0 saturated carbocycles. The number of pyridine rings is 1. The number of fused-ring (bicyclic) bond motifs is 3. The van der Waals surface area contributed by atoms with E-state index in [2.05, 4.69) is 21.7 Å². The average Bonchev–Trinajstić information content (AvgIpc) is 2.92. The van der Waals surface area contributed by atoms with E-state index >= 15 is 0 Å². The van der Waals surface area contributed by atoms with Gasteiger partial charge in [-0.05, 0) is 35.9 Å². The average molecular weight is 369 g/mol. The number of rotatable bonds is 3. The molecule has 2 aromatic carbocycles. The molecule has 0 aliphatic carbocycles. The molecule has 0 atom stereocenters. The molecule has 25 heavy (non-hydrogen) atoms. The van der Waals surface area contributed by atoms with Crippen LogP contribution in [-0.4, -0.2) is 15.3 Å². The molecule has 0 radical (unpaired) electrons. The van der Waals surface area contributed by atoms with Crippen LogP contribution >= 0.6 is 23.2 Å². The number of benzene rings is 2. The van der Waals surface area contributed by atoms with Gasteiger partial charge in [0.05, 0.1) is 11.7 Å². The molecule has 0 saturated heterocycles. The van der Waals surface area contributed by atoms with Gasteiger partial charge in [-0.15, -0.1) is 0 Å². The Morgan fingerprint density at radius 2 is 1.84 bits per heavy atom. The first-order valence-electron chi connectivity index (χ1n) is 7.86. The zero-order chi connectivity index (χ0) is 17.6. The van der Waals surface area contributed by atoms with Crippen LogP contribution in [0.1, 0.15) is 23.0 Å². The quantitative estimate of drug-likeness (QED) is 0.431. The number of halogens is 2. The second kappa shape index (κ2) is 6.17. The summed E-state index contributed by atoms with van der Waals surface area (Å²) in [5.74, 6) is -0.0448. The van der Waals surface area contributed by atoms with Crippen LogP contribution in [0, 0.1) is 0 Å². The minimum atomic E-state index is -0.0448. The molecule has 124 valence electrons. The van der Waals surface area contributed by atoms with E-state index in [-0.39, 0.29) is 5.78 Å². The van der Waals surface area contributed by atoms with Crippen LogP contribution in [0.2, 0.25) is 10.0 Å². The molecular weight excluding hydrogens is 355 g/mol. The fourth-order valence-electron chi connectivity index (χ4n) is 3.14. The maximum absolute atomic E-state index is 11.7. The lowest BCUT2D eigenvalue weighted by atomic mass is 10.1. The summed E-state index contributed by atoms with van der Waals surface area (Å²) in [6.45, 7) is 2.10. The van der Waals surface area contributed by atoms with Crippen LogP contribution in [0.25, 0.3) is 21.8 Å². The monoisotopic (exact) mass is 368 g/mol. The Morgan fingerprint density at radius 3 is 2.64 bits per heavy atom. The van der Waals surface area contributed by atoms with Crippen LogP contribution in [0.15, 0.2) is 54.7 Å². The molecule has 3 nitrogen and oxygen atoms in total. The van der Waals surface area contributed by atoms with Gasteiger partial charge in [0.2, 0.25) is 0 Å². The van der Waals surface area contributed by atoms with E-state index < -0.39 is 0 Å². The van der Waals surface area contributed by atoms with Crippen LogP contribution in [0.3, 0.4) is 0 Å². The van der Waals surface area contributed by atoms with Crippen molar-refractivity contribution in [2.75, 3.05) is 0 Å². The fraction of sp³-hybridized carbons (Fsp3) is 0.100. The molecule has 4 aromatic rings. The van der Waals surface area contributed by atoms with Crippen molar-refractivity contribution in [1.29, 1.82) is 0 Å². The number of aromatic nitrogens is 2. The maximum Gasteiger partial charge on any atom is 0.178 e. The molecule has 2 aromatic heterocycles. The van der Waals surface area contributed by atoms with E-state index in [4.69, 9.17) is 23.2 Å². The summed E-state index contributed by atoms with van der Waals surface area (Å²) in [7, 11) is 0. The molecule has 0 unspecified atom stereocenters. The van der Waals surface area contributed by atoms with Crippen molar-refractivity contribution < 1.29 is 4.79 Å². The SMILES string of the molecule is CC(=O)c1cc2c3ccccc3n(Cc3cc(Cl)ccc3Cl)c2cn1. The second-order valence-electron chi connectivity index (χ2n) is 5.98. The van der Waals surface area contributed by atoms with Gasteiger partial charge in [0, 0.05) is 39.8 Å². The van der Waals surface area contributed by atoms with E-state index in [0.717, 1.165) is 27.4 Å². The molecule has 5 heteroatoms. The number of ketones is 1. The summed E-state index contributed by atoms with van der Waals surface area (Å²) < 4.78 is 2.15. The van der Waals surface area contributed by atoms with Gasteiger partial charge in [-0.3, -0.25) is 9.78 Å². The summed E-state index contributed by atoms with van der Waals surface area (Å²) >= 11 is 12.5. The topological polar surface area (TPSA) is 34.9 Å². The smallest absolute Gasteiger partial charge is 0.178 e. The first-order valence-corrected chi connectivity index (χ1v) is 8.62. The number of carbonyl (C=O) groups is 1. The normalized spacial score (nSPS) is 11.3. The fourth-order valence-corrected chi connectivity index (χ4v) is 3.52. The highest BCUT2D eigenvalue weighted by Gasteiger charge is 2.14. The Balaban J connectivity index is 1.98. The molecule has 0 aliphatic heterocycles.